The molecular formula is C28H16N2. The summed E-state index contributed by atoms with van der Waals surface area (Å²) in [4.78, 5) is 9.21. The fourth-order valence-electron chi connectivity index (χ4n) is 3.22. The van der Waals surface area contributed by atoms with Crippen molar-refractivity contribution in [1.82, 2.24) is 9.97 Å². The molecule has 0 spiro atoms. The van der Waals surface area contributed by atoms with Crippen molar-refractivity contribution < 1.29 is 0 Å². The molecule has 0 aliphatic carbocycles. The van der Waals surface area contributed by atoms with E-state index >= 15 is 0 Å². The second-order valence-electron chi connectivity index (χ2n) is 6.86. The summed E-state index contributed by atoms with van der Waals surface area (Å²) in [7, 11) is 0. The van der Waals surface area contributed by atoms with E-state index in [9.17, 15) is 0 Å². The van der Waals surface area contributed by atoms with Crippen molar-refractivity contribution in [3.8, 4) is 23.7 Å². The van der Waals surface area contributed by atoms with Gasteiger partial charge in [-0.05, 0) is 54.3 Å². The molecule has 0 radical (unpaired) electrons. The molecule has 0 unspecified atom stereocenters. The van der Waals surface area contributed by atoms with Crippen LogP contribution in [0.15, 0.2) is 97.1 Å². The predicted molar refractivity (Wildman–Crippen MR) is 122 cm³/mol. The summed E-state index contributed by atoms with van der Waals surface area (Å²) < 4.78 is 0. The van der Waals surface area contributed by atoms with E-state index in [0.29, 0.717) is 0 Å². The zero-order valence-corrected chi connectivity index (χ0v) is 16.1. The molecule has 3 aromatic carbocycles. The van der Waals surface area contributed by atoms with Gasteiger partial charge >= 0.3 is 0 Å². The molecule has 0 bridgehead atoms. The Labute approximate surface area is 175 Å². The smallest absolute Gasteiger partial charge is 0.114 e. The van der Waals surface area contributed by atoms with E-state index in [4.69, 9.17) is 0 Å². The monoisotopic (exact) mass is 380 g/mol. The van der Waals surface area contributed by atoms with Gasteiger partial charge in [0.1, 0.15) is 11.4 Å². The quantitative estimate of drug-likeness (QED) is 0.328. The van der Waals surface area contributed by atoms with Crippen LogP contribution in [0.25, 0.3) is 21.8 Å². The van der Waals surface area contributed by atoms with E-state index in [0.717, 1.165) is 44.3 Å². The van der Waals surface area contributed by atoms with Gasteiger partial charge < -0.3 is 0 Å². The molecule has 0 amide bonds. The van der Waals surface area contributed by atoms with Crippen molar-refractivity contribution >= 4 is 21.8 Å². The van der Waals surface area contributed by atoms with Crippen LogP contribution in [0.4, 0.5) is 0 Å². The second-order valence-corrected chi connectivity index (χ2v) is 6.86. The summed E-state index contributed by atoms with van der Waals surface area (Å²) in [6.45, 7) is 0. The van der Waals surface area contributed by atoms with Crippen molar-refractivity contribution in [2.24, 2.45) is 0 Å². The Morgan fingerprint density at radius 1 is 0.433 bits per heavy atom. The number of nitrogens with zero attached hydrogens (tertiary/aromatic N) is 2. The molecule has 2 heteroatoms. The Morgan fingerprint density at radius 3 is 1.47 bits per heavy atom. The summed E-state index contributed by atoms with van der Waals surface area (Å²) in [5.41, 5.74) is 5.22. The molecule has 0 saturated carbocycles. The summed E-state index contributed by atoms with van der Waals surface area (Å²) in [5, 5.41) is 2.23. The van der Waals surface area contributed by atoms with Crippen LogP contribution in [0.2, 0.25) is 0 Å². The largest absolute Gasteiger partial charge is 0.239 e. The standard InChI is InChI=1S/C28H16N2/c1-3-10-27-23(8-1)14-18-25(29-27)16-12-21-6-5-7-22(20-21)13-17-26-19-15-24-9-2-4-11-28(24)30-26/h1-11,14-15,18-20H. The number of hydrogen-bond donors (Lipinski definition) is 0. The highest BCUT2D eigenvalue weighted by atomic mass is 14.7. The van der Waals surface area contributed by atoms with Gasteiger partial charge in [-0.1, -0.05) is 66.4 Å². The van der Waals surface area contributed by atoms with Crippen LogP contribution < -0.4 is 0 Å². The fraction of sp³-hybridized carbons (Fsp3) is 0. The number of para-hydroxylation sites is 2. The number of benzene rings is 3. The Bertz CT molecular complexity index is 1400. The van der Waals surface area contributed by atoms with Crippen LogP contribution >= 0.6 is 0 Å². The van der Waals surface area contributed by atoms with Crippen LogP contribution in [0, 0.1) is 23.7 Å². The van der Waals surface area contributed by atoms with Gasteiger partial charge in [0, 0.05) is 21.9 Å². The Balaban J connectivity index is 1.40. The first-order chi connectivity index (χ1) is 14.8. The fourth-order valence-corrected chi connectivity index (χ4v) is 3.22. The number of pyridine rings is 2. The maximum atomic E-state index is 4.60. The van der Waals surface area contributed by atoms with Crippen molar-refractivity contribution in [2.75, 3.05) is 0 Å². The first-order valence-corrected chi connectivity index (χ1v) is 9.69. The molecule has 0 atom stereocenters. The van der Waals surface area contributed by atoms with Crippen LogP contribution in [0.1, 0.15) is 22.5 Å². The third kappa shape index (κ3) is 3.90. The molecule has 0 fully saturated rings. The summed E-state index contributed by atoms with van der Waals surface area (Å²) in [5.74, 6) is 12.7. The zero-order valence-electron chi connectivity index (χ0n) is 16.1. The summed E-state index contributed by atoms with van der Waals surface area (Å²) >= 11 is 0. The number of aromatic nitrogens is 2. The normalized spacial score (nSPS) is 10.1. The van der Waals surface area contributed by atoms with Gasteiger partial charge in [0.05, 0.1) is 11.0 Å². The second kappa shape index (κ2) is 7.92. The van der Waals surface area contributed by atoms with Crippen molar-refractivity contribution in [1.29, 1.82) is 0 Å². The molecule has 30 heavy (non-hydrogen) atoms. The van der Waals surface area contributed by atoms with Crippen LogP contribution in [0.5, 0.6) is 0 Å². The minimum Gasteiger partial charge on any atom is -0.239 e. The maximum Gasteiger partial charge on any atom is 0.114 e. The highest BCUT2D eigenvalue weighted by Crippen LogP contribution is 2.12. The molecule has 0 aliphatic rings. The zero-order chi connectivity index (χ0) is 20.2. The van der Waals surface area contributed by atoms with Gasteiger partial charge in [0.15, 0.2) is 0 Å². The van der Waals surface area contributed by atoms with E-state index in [1.807, 2.05) is 97.1 Å². The Kier molecular flexibility index (Phi) is 4.67. The van der Waals surface area contributed by atoms with E-state index < -0.39 is 0 Å². The Morgan fingerprint density at radius 2 is 0.933 bits per heavy atom. The Hall–Kier alpha value is -4.40. The lowest BCUT2D eigenvalue weighted by atomic mass is 10.1. The van der Waals surface area contributed by atoms with Gasteiger partial charge in [0.25, 0.3) is 0 Å². The number of hydrogen-bond acceptors (Lipinski definition) is 2. The molecule has 2 heterocycles. The molecule has 5 aromatic rings. The SMILES string of the molecule is C(#Cc1ccc2ccccc2n1)c1cccc(C#Cc2ccc3ccccc3n2)c1. The maximum absolute atomic E-state index is 4.60. The van der Waals surface area contributed by atoms with Crippen molar-refractivity contribution in [2.45, 2.75) is 0 Å². The third-order valence-electron chi connectivity index (χ3n) is 4.73. The molecule has 2 nitrogen and oxygen atoms in total. The first-order valence-electron chi connectivity index (χ1n) is 9.69. The average Bonchev–Trinajstić information content (AvgIpc) is 2.81. The minimum atomic E-state index is 0.755. The number of fused-ring (bicyclic) bond motifs is 2. The predicted octanol–water partition coefficient (Wildman–Crippen LogP) is 5.58. The summed E-state index contributed by atoms with van der Waals surface area (Å²) in [6.07, 6.45) is 0. The third-order valence-corrected chi connectivity index (χ3v) is 4.73. The van der Waals surface area contributed by atoms with Crippen molar-refractivity contribution in [3.05, 3.63) is 120 Å². The lowest BCUT2D eigenvalue weighted by Crippen LogP contribution is -1.85. The topological polar surface area (TPSA) is 25.8 Å². The van der Waals surface area contributed by atoms with Gasteiger partial charge in [0.2, 0.25) is 0 Å². The van der Waals surface area contributed by atoms with E-state index in [-0.39, 0.29) is 0 Å². The lowest BCUT2D eigenvalue weighted by molar-refractivity contribution is 1.36. The molecule has 2 aromatic heterocycles. The molecule has 138 valence electrons. The van der Waals surface area contributed by atoms with E-state index in [1.54, 1.807) is 0 Å². The van der Waals surface area contributed by atoms with Crippen LogP contribution in [-0.2, 0) is 0 Å². The average molecular weight is 380 g/mol. The highest BCUT2D eigenvalue weighted by Gasteiger charge is 1.96. The van der Waals surface area contributed by atoms with E-state index in [2.05, 4.69) is 33.6 Å². The number of rotatable bonds is 0. The van der Waals surface area contributed by atoms with Gasteiger partial charge in [-0.25, -0.2) is 9.97 Å². The first kappa shape index (κ1) is 17.7. The molecule has 0 N–H and O–H groups in total. The van der Waals surface area contributed by atoms with Gasteiger partial charge in [-0.3, -0.25) is 0 Å². The van der Waals surface area contributed by atoms with Crippen LogP contribution in [0.3, 0.4) is 0 Å². The molecular weight excluding hydrogens is 364 g/mol. The minimum absolute atomic E-state index is 0.755. The van der Waals surface area contributed by atoms with Crippen molar-refractivity contribution in [3.63, 3.8) is 0 Å². The lowest BCUT2D eigenvalue weighted by Gasteiger charge is -1.97. The van der Waals surface area contributed by atoms with Crippen LogP contribution in [-0.4, -0.2) is 9.97 Å². The van der Waals surface area contributed by atoms with Gasteiger partial charge in [-0.15, -0.1) is 0 Å². The molecule has 0 saturated heterocycles. The van der Waals surface area contributed by atoms with Gasteiger partial charge in [-0.2, -0.15) is 0 Å². The molecule has 0 aliphatic heterocycles. The highest BCUT2D eigenvalue weighted by molar-refractivity contribution is 5.79. The van der Waals surface area contributed by atoms with E-state index in [1.165, 1.54) is 0 Å². The summed E-state index contributed by atoms with van der Waals surface area (Å²) in [6, 6.07) is 32.0. The molecule has 5 rings (SSSR count).